The van der Waals surface area contributed by atoms with E-state index in [2.05, 4.69) is 20.2 Å². The molecule has 3 heterocycles. The van der Waals surface area contributed by atoms with Crippen LogP contribution in [0.15, 0.2) is 48.4 Å². The van der Waals surface area contributed by atoms with Crippen molar-refractivity contribution in [3.63, 3.8) is 0 Å². The van der Waals surface area contributed by atoms with Gasteiger partial charge in [-0.15, -0.1) is 11.3 Å². The van der Waals surface area contributed by atoms with Gasteiger partial charge in [-0.1, -0.05) is 12.1 Å². The Bertz CT molecular complexity index is 897. The number of rotatable bonds is 5. The van der Waals surface area contributed by atoms with Crippen LogP contribution in [0.4, 0.5) is 0 Å². The standard InChI is InChI=1S/C20H23N5OS/c1-16-22-19(14-27-16)13-23-7-9-25(10-8-23)20(26)18-4-2-3-17(11-18)12-24-6-5-21-15-24/h2-6,11,14-15H,7-10,12-13H2,1H3. The fraction of sp³-hybridized carbons (Fsp3) is 0.350. The fourth-order valence-corrected chi connectivity index (χ4v) is 4.00. The molecule has 1 saturated heterocycles. The van der Waals surface area contributed by atoms with Gasteiger partial charge in [0.25, 0.3) is 5.91 Å². The van der Waals surface area contributed by atoms with Crippen LogP contribution in [0, 0.1) is 6.92 Å². The maximum atomic E-state index is 12.9. The Morgan fingerprint density at radius 1 is 1.19 bits per heavy atom. The predicted molar refractivity (Wildman–Crippen MR) is 106 cm³/mol. The predicted octanol–water partition coefficient (Wildman–Crippen LogP) is 2.65. The maximum absolute atomic E-state index is 12.9. The van der Waals surface area contributed by atoms with Gasteiger partial charge in [-0.25, -0.2) is 9.97 Å². The van der Waals surface area contributed by atoms with Gasteiger partial charge in [0.05, 0.1) is 17.0 Å². The zero-order valence-electron chi connectivity index (χ0n) is 15.4. The lowest BCUT2D eigenvalue weighted by atomic mass is 10.1. The van der Waals surface area contributed by atoms with E-state index >= 15 is 0 Å². The number of hydrogen-bond acceptors (Lipinski definition) is 5. The first-order chi connectivity index (χ1) is 13.2. The molecule has 0 bridgehead atoms. The molecule has 1 aromatic carbocycles. The number of benzene rings is 1. The fourth-order valence-electron chi connectivity index (χ4n) is 3.40. The minimum absolute atomic E-state index is 0.117. The number of nitrogens with zero attached hydrogens (tertiary/aromatic N) is 5. The molecular weight excluding hydrogens is 358 g/mol. The summed E-state index contributed by atoms with van der Waals surface area (Å²) in [5.74, 6) is 0.117. The van der Waals surface area contributed by atoms with Gasteiger partial charge < -0.3 is 9.47 Å². The summed E-state index contributed by atoms with van der Waals surface area (Å²) in [4.78, 5) is 25.8. The minimum Gasteiger partial charge on any atom is -0.336 e. The van der Waals surface area contributed by atoms with Crippen LogP contribution < -0.4 is 0 Å². The third-order valence-electron chi connectivity index (χ3n) is 4.81. The molecule has 0 unspecified atom stereocenters. The molecule has 0 spiro atoms. The van der Waals surface area contributed by atoms with Gasteiger partial charge in [-0.05, 0) is 24.6 Å². The van der Waals surface area contributed by atoms with Crippen molar-refractivity contribution in [2.75, 3.05) is 26.2 Å². The lowest BCUT2D eigenvalue weighted by molar-refractivity contribution is 0.0627. The molecule has 140 valence electrons. The van der Waals surface area contributed by atoms with Crippen molar-refractivity contribution < 1.29 is 4.79 Å². The van der Waals surface area contributed by atoms with Crippen LogP contribution in [0.2, 0.25) is 0 Å². The van der Waals surface area contributed by atoms with Gasteiger partial charge >= 0.3 is 0 Å². The summed E-state index contributed by atoms with van der Waals surface area (Å²) in [5.41, 5.74) is 3.00. The highest BCUT2D eigenvalue weighted by molar-refractivity contribution is 7.09. The molecule has 0 N–H and O–H groups in total. The third kappa shape index (κ3) is 4.43. The van der Waals surface area contributed by atoms with Crippen molar-refractivity contribution in [1.29, 1.82) is 0 Å². The summed E-state index contributed by atoms with van der Waals surface area (Å²) < 4.78 is 2.00. The Morgan fingerprint density at radius 2 is 2.04 bits per heavy atom. The topological polar surface area (TPSA) is 54.3 Å². The second kappa shape index (κ2) is 8.02. The summed E-state index contributed by atoms with van der Waals surface area (Å²) in [6.07, 6.45) is 5.48. The van der Waals surface area contributed by atoms with Gasteiger partial charge in [0.1, 0.15) is 0 Å². The van der Waals surface area contributed by atoms with Gasteiger partial charge in [-0.2, -0.15) is 0 Å². The van der Waals surface area contributed by atoms with Gasteiger partial charge in [0.2, 0.25) is 0 Å². The number of aromatic nitrogens is 3. The summed E-state index contributed by atoms with van der Waals surface area (Å²) >= 11 is 1.69. The van der Waals surface area contributed by atoms with Crippen molar-refractivity contribution >= 4 is 17.2 Å². The molecule has 1 aliphatic heterocycles. The Balaban J connectivity index is 1.35. The van der Waals surface area contributed by atoms with Crippen molar-refractivity contribution in [2.24, 2.45) is 0 Å². The molecular formula is C20H23N5OS. The van der Waals surface area contributed by atoms with E-state index in [1.165, 1.54) is 0 Å². The van der Waals surface area contributed by atoms with E-state index < -0.39 is 0 Å². The van der Waals surface area contributed by atoms with E-state index in [0.29, 0.717) is 0 Å². The summed E-state index contributed by atoms with van der Waals surface area (Å²) in [7, 11) is 0. The van der Waals surface area contributed by atoms with Gasteiger partial charge in [-0.3, -0.25) is 9.69 Å². The number of hydrogen-bond donors (Lipinski definition) is 0. The highest BCUT2D eigenvalue weighted by Crippen LogP contribution is 2.15. The summed E-state index contributed by atoms with van der Waals surface area (Å²) in [5, 5.41) is 3.23. The lowest BCUT2D eigenvalue weighted by Crippen LogP contribution is -2.48. The van der Waals surface area contributed by atoms with Crippen LogP contribution in [0.5, 0.6) is 0 Å². The molecule has 0 radical (unpaired) electrons. The van der Waals surface area contributed by atoms with E-state index in [4.69, 9.17) is 0 Å². The van der Waals surface area contributed by atoms with Crippen LogP contribution in [-0.2, 0) is 13.1 Å². The van der Waals surface area contributed by atoms with Gasteiger partial charge in [0.15, 0.2) is 0 Å². The number of amides is 1. The normalized spacial score (nSPS) is 15.2. The minimum atomic E-state index is 0.117. The number of piperazine rings is 1. The highest BCUT2D eigenvalue weighted by atomic mass is 32.1. The number of carbonyl (C=O) groups excluding carboxylic acids is 1. The molecule has 6 nitrogen and oxygen atoms in total. The summed E-state index contributed by atoms with van der Waals surface area (Å²) in [6.45, 7) is 6.91. The van der Waals surface area contributed by atoms with Crippen molar-refractivity contribution in [3.8, 4) is 0 Å². The maximum Gasteiger partial charge on any atom is 0.253 e. The molecule has 0 aliphatic carbocycles. The second-order valence-electron chi connectivity index (χ2n) is 6.86. The Hall–Kier alpha value is -2.51. The Kier molecular flexibility index (Phi) is 5.31. The molecule has 1 fully saturated rings. The van der Waals surface area contributed by atoms with Crippen LogP contribution in [-0.4, -0.2) is 56.4 Å². The van der Waals surface area contributed by atoms with Crippen molar-refractivity contribution in [2.45, 2.75) is 20.0 Å². The molecule has 0 saturated carbocycles. The van der Waals surface area contributed by atoms with E-state index in [1.807, 2.05) is 46.9 Å². The Labute approximate surface area is 163 Å². The lowest BCUT2D eigenvalue weighted by Gasteiger charge is -2.34. The number of thiazole rings is 1. The molecule has 4 rings (SSSR count). The number of imidazole rings is 1. The molecule has 1 aliphatic rings. The smallest absolute Gasteiger partial charge is 0.253 e. The number of carbonyl (C=O) groups is 1. The highest BCUT2D eigenvalue weighted by Gasteiger charge is 2.22. The zero-order valence-corrected chi connectivity index (χ0v) is 16.2. The molecule has 27 heavy (non-hydrogen) atoms. The van der Waals surface area contributed by atoms with E-state index in [1.54, 1.807) is 23.9 Å². The molecule has 2 aromatic heterocycles. The second-order valence-corrected chi connectivity index (χ2v) is 7.92. The first-order valence-electron chi connectivity index (χ1n) is 9.15. The average molecular weight is 382 g/mol. The van der Waals surface area contributed by atoms with E-state index in [9.17, 15) is 4.79 Å². The molecule has 3 aromatic rings. The quantitative estimate of drug-likeness (QED) is 0.682. The summed E-state index contributed by atoms with van der Waals surface area (Å²) in [6, 6.07) is 7.90. The Morgan fingerprint density at radius 3 is 2.74 bits per heavy atom. The number of aryl methyl sites for hydroxylation is 1. The van der Waals surface area contributed by atoms with E-state index in [-0.39, 0.29) is 5.91 Å². The SMILES string of the molecule is Cc1nc(CN2CCN(C(=O)c3cccc(Cn4ccnc4)c3)CC2)cs1. The monoisotopic (exact) mass is 381 g/mol. The van der Waals surface area contributed by atoms with Crippen LogP contribution >= 0.6 is 11.3 Å². The van der Waals surface area contributed by atoms with E-state index in [0.717, 1.165) is 61.1 Å². The van der Waals surface area contributed by atoms with Crippen molar-refractivity contribution in [1.82, 2.24) is 24.3 Å². The molecule has 7 heteroatoms. The third-order valence-corrected chi connectivity index (χ3v) is 5.63. The first kappa shape index (κ1) is 17.9. The van der Waals surface area contributed by atoms with Crippen LogP contribution in [0.3, 0.4) is 0 Å². The largest absolute Gasteiger partial charge is 0.336 e. The van der Waals surface area contributed by atoms with Crippen molar-refractivity contribution in [3.05, 3.63) is 70.2 Å². The van der Waals surface area contributed by atoms with Crippen LogP contribution in [0.25, 0.3) is 0 Å². The molecule has 0 atom stereocenters. The van der Waals surface area contributed by atoms with Crippen LogP contribution in [0.1, 0.15) is 26.6 Å². The average Bonchev–Trinajstić information content (AvgIpc) is 3.34. The molecule has 1 amide bonds. The zero-order chi connectivity index (χ0) is 18.6. The van der Waals surface area contributed by atoms with Gasteiger partial charge in [0, 0.05) is 62.6 Å². The first-order valence-corrected chi connectivity index (χ1v) is 10.0.